The summed E-state index contributed by atoms with van der Waals surface area (Å²) in [5.74, 6) is -0.217. The molecular formula is C25H25ClN2O3. The number of anilines is 1. The van der Waals surface area contributed by atoms with Crippen molar-refractivity contribution in [3.63, 3.8) is 0 Å². The van der Waals surface area contributed by atoms with E-state index >= 15 is 0 Å². The highest BCUT2D eigenvalue weighted by Gasteiger charge is 2.17. The molecule has 0 spiro atoms. The Balaban J connectivity index is 1.78. The van der Waals surface area contributed by atoms with E-state index in [4.69, 9.17) is 16.3 Å². The lowest BCUT2D eigenvalue weighted by molar-refractivity contribution is 0.0954. The monoisotopic (exact) mass is 436 g/mol. The van der Waals surface area contributed by atoms with Crippen LogP contribution in [-0.2, 0) is 6.61 Å². The number of rotatable bonds is 9. The van der Waals surface area contributed by atoms with Crippen molar-refractivity contribution in [2.24, 2.45) is 0 Å². The van der Waals surface area contributed by atoms with E-state index in [1.165, 1.54) is 0 Å². The largest absolute Gasteiger partial charge is 0.488 e. The van der Waals surface area contributed by atoms with Gasteiger partial charge in [0.15, 0.2) is 0 Å². The van der Waals surface area contributed by atoms with Crippen LogP contribution in [0.4, 0.5) is 5.69 Å². The maximum atomic E-state index is 13.1. The number of carbonyl (C=O) groups excluding carboxylic acids is 2. The van der Waals surface area contributed by atoms with Crippen molar-refractivity contribution in [3.05, 3.63) is 94.5 Å². The molecule has 0 aromatic heterocycles. The number of hydrogen-bond acceptors (Lipinski definition) is 3. The topological polar surface area (TPSA) is 67.4 Å². The van der Waals surface area contributed by atoms with Crippen molar-refractivity contribution in [3.8, 4) is 5.75 Å². The molecule has 31 heavy (non-hydrogen) atoms. The Hall–Kier alpha value is -3.31. The van der Waals surface area contributed by atoms with Crippen molar-refractivity contribution in [2.75, 3.05) is 11.9 Å². The molecule has 0 aliphatic heterocycles. The number of para-hydroxylation sites is 1. The van der Waals surface area contributed by atoms with Crippen LogP contribution in [0.1, 0.15) is 46.0 Å². The molecule has 2 N–H and O–H groups in total. The maximum absolute atomic E-state index is 13.1. The number of halogens is 1. The minimum atomic E-state index is -0.403. The predicted octanol–water partition coefficient (Wildman–Crippen LogP) is 5.70. The highest BCUT2D eigenvalue weighted by molar-refractivity contribution is 6.31. The first-order valence-corrected chi connectivity index (χ1v) is 10.6. The summed E-state index contributed by atoms with van der Waals surface area (Å²) in [7, 11) is 0. The number of carbonyl (C=O) groups is 2. The van der Waals surface area contributed by atoms with E-state index in [2.05, 4.69) is 17.6 Å². The lowest BCUT2D eigenvalue weighted by Crippen LogP contribution is -2.26. The number of amides is 2. The molecule has 0 heterocycles. The first kappa shape index (κ1) is 22.4. The third-order valence-electron chi connectivity index (χ3n) is 4.66. The molecule has 160 valence electrons. The van der Waals surface area contributed by atoms with Crippen molar-refractivity contribution >= 4 is 29.1 Å². The summed E-state index contributed by atoms with van der Waals surface area (Å²) in [5.41, 5.74) is 2.11. The van der Waals surface area contributed by atoms with Gasteiger partial charge in [0.25, 0.3) is 11.8 Å². The second kappa shape index (κ2) is 11.2. The fourth-order valence-corrected chi connectivity index (χ4v) is 3.17. The Kier molecular flexibility index (Phi) is 8.07. The molecule has 0 aliphatic carbocycles. The summed E-state index contributed by atoms with van der Waals surface area (Å²) < 4.78 is 5.88. The molecular weight excluding hydrogens is 412 g/mol. The molecule has 3 rings (SSSR count). The molecule has 0 saturated heterocycles. The fraction of sp³-hybridized carbons (Fsp3) is 0.200. The molecule has 3 aromatic rings. The van der Waals surface area contributed by atoms with Crippen LogP contribution in [0.5, 0.6) is 5.75 Å². The second-order valence-corrected chi connectivity index (χ2v) is 7.46. The Bertz CT molecular complexity index is 1040. The quantitative estimate of drug-likeness (QED) is 0.423. The van der Waals surface area contributed by atoms with Gasteiger partial charge in [0, 0.05) is 11.6 Å². The summed E-state index contributed by atoms with van der Waals surface area (Å²) >= 11 is 6.13. The van der Waals surface area contributed by atoms with E-state index in [0.717, 1.165) is 18.4 Å². The highest BCUT2D eigenvalue weighted by Crippen LogP contribution is 2.26. The van der Waals surface area contributed by atoms with Crippen molar-refractivity contribution in [1.82, 2.24) is 5.32 Å². The molecule has 2 amide bonds. The van der Waals surface area contributed by atoms with Crippen LogP contribution >= 0.6 is 11.6 Å². The van der Waals surface area contributed by atoms with E-state index in [0.29, 0.717) is 40.7 Å². The summed E-state index contributed by atoms with van der Waals surface area (Å²) in [6.07, 6.45) is 1.88. The zero-order valence-electron chi connectivity index (χ0n) is 17.4. The van der Waals surface area contributed by atoms with Gasteiger partial charge in [-0.2, -0.15) is 0 Å². The average Bonchev–Trinajstić information content (AvgIpc) is 2.79. The van der Waals surface area contributed by atoms with Crippen LogP contribution in [0.3, 0.4) is 0 Å². The lowest BCUT2D eigenvalue weighted by Gasteiger charge is -2.14. The van der Waals surface area contributed by atoms with Gasteiger partial charge in [-0.15, -0.1) is 0 Å². The zero-order valence-corrected chi connectivity index (χ0v) is 18.1. The van der Waals surface area contributed by atoms with Gasteiger partial charge in [0.2, 0.25) is 0 Å². The van der Waals surface area contributed by atoms with E-state index in [1.54, 1.807) is 42.5 Å². The Morgan fingerprint density at radius 1 is 0.903 bits per heavy atom. The molecule has 0 bridgehead atoms. The SMILES string of the molecule is CCCCNC(=O)c1ccccc1NC(=O)c1cc(Cl)ccc1OCc1ccccc1. The molecule has 0 saturated carbocycles. The van der Waals surface area contributed by atoms with Gasteiger partial charge < -0.3 is 15.4 Å². The van der Waals surface area contributed by atoms with Crippen LogP contribution in [0, 0.1) is 0 Å². The molecule has 0 radical (unpaired) electrons. The van der Waals surface area contributed by atoms with E-state index in [1.807, 2.05) is 30.3 Å². The number of hydrogen-bond donors (Lipinski definition) is 2. The van der Waals surface area contributed by atoms with Gasteiger partial charge in [0.1, 0.15) is 12.4 Å². The molecule has 5 nitrogen and oxygen atoms in total. The summed E-state index contributed by atoms with van der Waals surface area (Å²) in [6.45, 7) is 2.96. The van der Waals surface area contributed by atoms with Gasteiger partial charge >= 0.3 is 0 Å². The van der Waals surface area contributed by atoms with Crippen molar-refractivity contribution in [2.45, 2.75) is 26.4 Å². The Morgan fingerprint density at radius 3 is 2.42 bits per heavy atom. The number of nitrogens with one attached hydrogen (secondary N) is 2. The summed E-state index contributed by atoms with van der Waals surface area (Å²) in [4.78, 5) is 25.6. The van der Waals surface area contributed by atoms with Gasteiger partial charge in [0.05, 0.1) is 16.8 Å². The minimum absolute atomic E-state index is 0.226. The Labute approximate surface area is 187 Å². The molecule has 6 heteroatoms. The number of ether oxygens (including phenoxy) is 1. The molecule has 0 atom stereocenters. The van der Waals surface area contributed by atoms with Gasteiger partial charge in [-0.1, -0.05) is 67.4 Å². The van der Waals surface area contributed by atoms with Gasteiger partial charge in [-0.05, 0) is 42.3 Å². The zero-order chi connectivity index (χ0) is 22.1. The number of unbranched alkanes of at least 4 members (excludes halogenated alkanes) is 1. The Morgan fingerprint density at radius 2 is 1.65 bits per heavy atom. The smallest absolute Gasteiger partial charge is 0.259 e. The highest BCUT2D eigenvalue weighted by atomic mass is 35.5. The summed E-state index contributed by atoms with van der Waals surface area (Å²) in [5, 5.41) is 6.12. The van der Waals surface area contributed by atoms with Crippen LogP contribution in [-0.4, -0.2) is 18.4 Å². The summed E-state index contributed by atoms with van der Waals surface area (Å²) in [6, 6.07) is 21.5. The first-order chi connectivity index (χ1) is 15.1. The van der Waals surface area contributed by atoms with Crippen LogP contribution in [0.15, 0.2) is 72.8 Å². The minimum Gasteiger partial charge on any atom is -0.488 e. The van der Waals surface area contributed by atoms with Crippen molar-refractivity contribution < 1.29 is 14.3 Å². The molecule has 0 unspecified atom stereocenters. The van der Waals surface area contributed by atoms with E-state index < -0.39 is 5.91 Å². The molecule has 0 aliphatic rings. The van der Waals surface area contributed by atoms with Crippen LogP contribution < -0.4 is 15.4 Å². The lowest BCUT2D eigenvalue weighted by atomic mass is 10.1. The number of benzene rings is 3. The molecule has 3 aromatic carbocycles. The van der Waals surface area contributed by atoms with E-state index in [9.17, 15) is 9.59 Å². The third kappa shape index (κ3) is 6.33. The van der Waals surface area contributed by atoms with Gasteiger partial charge in [-0.3, -0.25) is 9.59 Å². The first-order valence-electron chi connectivity index (χ1n) is 10.2. The second-order valence-electron chi connectivity index (χ2n) is 7.02. The molecule has 0 fully saturated rings. The third-order valence-corrected chi connectivity index (χ3v) is 4.89. The fourth-order valence-electron chi connectivity index (χ4n) is 2.99. The van der Waals surface area contributed by atoms with E-state index in [-0.39, 0.29) is 5.91 Å². The van der Waals surface area contributed by atoms with Gasteiger partial charge in [-0.25, -0.2) is 0 Å². The van der Waals surface area contributed by atoms with Crippen LogP contribution in [0.25, 0.3) is 0 Å². The predicted molar refractivity (Wildman–Crippen MR) is 124 cm³/mol. The van der Waals surface area contributed by atoms with Crippen LogP contribution in [0.2, 0.25) is 5.02 Å². The normalized spacial score (nSPS) is 10.4. The standard InChI is InChI=1S/C25H25ClN2O3/c1-2-3-15-27-24(29)20-11-7-8-12-22(20)28-25(30)21-16-19(26)13-14-23(21)31-17-18-9-5-4-6-10-18/h4-14,16H,2-3,15,17H2,1H3,(H,27,29)(H,28,30). The van der Waals surface area contributed by atoms with Crippen molar-refractivity contribution in [1.29, 1.82) is 0 Å². The maximum Gasteiger partial charge on any atom is 0.259 e. The average molecular weight is 437 g/mol.